The average Bonchev–Trinajstić information content (AvgIpc) is 2.14. The Morgan fingerprint density at radius 3 is 2.31 bits per heavy atom. The van der Waals surface area contributed by atoms with E-state index in [1.165, 1.54) is 0 Å². The first kappa shape index (κ1) is 12.9. The van der Waals surface area contributed by atoms with Gasteiger partial charge in [0.1, 0.15) is 0 Å². The molecule has 0 amide bonds. The van der Waals surface area contributed by atoms with Gasteiger partial charge in [0.15, 0.2) is 6.30 Å². The van der Waals surface area contributed by atoms with Crippen molar-refractivity contribution in [2.24, 2.45) is 5.92 Å². The van der Waals surface area contributed by atoms with Gasteiger partial charge in [-0.15, -0.1) is 0 Å². The fourth-order valence-corrected chi connectivity index (χ4v) is 1.91. The van der Waals surface area contributed by atoms with E-state index >= 15 is 0 Å². The number of alkyl halides is 1. The highest BCUT2D eigenvalue weighted by Crippen LogP contribution is 2.28. The number of piperidine rings is 1. The summed E-state index contributed by atoms with van der Waals surface area (Å²) < 4.78 is 13.2. The average molecular weight is 189 g/mol. The molecule has 0 aliphatic carbocycles. The number of nitrogens with zero attached hydrogens (tertiary/aromatic N) is 1. The molecule has 1 nitrogen and oxygen atoms in total. The topological polar surface area (TPSA) is 3.24 Å². The lowest BCUT2D eigenvalue weighted by Crippen LogP contribution is -2.43. The van der Waals surface area contributed by atoms with E-state index in [4.69, 9.17) is 0 Å². The van der Waals surface area contributed by atoms with Crippen LogP contribution in [0.15, 0.2) is 0 Å². The lowest BCUT2D eigenvalue weighted by molar-refractivity contribution is 0.00162. The molecule has 13 heavy (non-hydrogen) atoms. The lowest BCUT2D eigenvalue weighted by atomic mass is 9.91. The molecule has 0 aromatic carbocycles. The van der Waals surface area contributed by atoms with Crippen LogP contribution < -0.4 is 0 Å². The first-order chi connectivity index (χ1) is 6.15. The van der Waals surface area contributed by atoms with Crippen LogP contribution in [0.4, 0.5) is 4.39 Å². The molecular formula is C11H24FN. The zero-order valence-corrected chi connectivity index (χ0v) is 9.68. The third-order valence-electron chi connectivity index (χ3n) is 2.76. The van der Waals surface area contributed by atoms with E-state index < -0.39 is 6.30 Å². The van der Waals surface area contributed by atoms with E-state index in [1.54, 1.807) is 0 Å². The van der Waals surface area contributed by atoms with Gasteiger partial charge in [-0.2, -0.15) is 0 Å². The Balaban J connectivity index is 0.000000671. The second-order valence-corrected chi connectivity index (χ2v) is 3.74. The van der Waals surface area contributed by atoms with Gasteiger partial charge in [-0.1, -0.05) is 27.7 Å². The van der Waals surface area contributed by atoms with Gasteiger partial charge in [-0.25, -0.2) is 4.39 Å². The van der Waals surface area contributed by atoms with Crippen molar-refractivity contribution in [3.05, 3.63) is 0 Å². The Labute approximate surface area is 82.3 Å². The minimum Gasteiger partial charge on any atom is -0.274 e. The Morgan fingerprint density at radius 1 is 1.31 bits per heavy atom. The maximum atomic E-state index is 13.2. The third kappa shape index (κ3) is 3.63. The monoisotopic (exact) mass is 189 g/mol. The van der Waals surface area contributed by atoms with Gasteiger partial charge in [0.2, 0.25) is 0 Å². The molecule has 1 fully saturated rings. The van der Waals surface area contributed by atoms with Crippen LogP contribution in [0.3, 0.4) is 0 Å². The van der Waals surface area contributed by atoms with Gasteiger partial charge in [0.05, 0.1) is 0 Å². The molecule has 2 heteroatoms. The van der Waals surface area contributed by atoms with Crippen LogP contribution in [0.5, 0.6) is 0 Å². The SMILES string of the molecule is CC.CCC1CC(C)CC(F)N1C. The summed E-state index contributed by atoms with van der Waals surface area (Å²) in [6.07, 6.45) is 2.24. The highest BCUT2D eigenvalue weighted by atomic mass is 19.1. The first-order valence-corrected chi connectivity index (χ1v) is 5.51. The van der Waals surface area contributed by atoms with E-state index in [9.17, 15) is 4.39 Å². The molecule has 1 heterocycles. The predicted octanol–water partition coefficient (Wildman–Crippen LogP) is 3.45. The molecule has 1 aliphatic rings. The molecule has 0 bridgehead atoms. The van der Waals surface area contributed by atoms with E-state index in [2.05, 4.69) is 13.8 Å². The van der Waals surface area contributed by atoms with Gasteiger partial charge < -0.3 is 0 Å². The summed E-state index contributed by atoms with van der Waals surface area (Å²) in [6, 6.07) is 0.466. The van der Waals surface area contributed by atoms with Crippen LogP contribution >= 0.6 is 0 Å². The molecule has 3 unspecified atom stereocenters. The molecule has 0 aromatic rings. The molecule has 0 spiro atoms. The van der Waals surface area contributed by atoms with E-state index in [1.807, 2.05) is 25.8 Å². The number of likely N-dealkylation sites (tertiary alicyclic amines) is 1. The molecule has 1 saturated heterocycles. The van der Waals surface area contributed by atoms with E-state index in [0.29, 0.717) is 18.4 Å². The summed E-state index contributed by atoms with van der Waals surface area (Å²) in [4.78, 5) is 1.88. The van der Waals surface area contributed by atoms with Crippen LogP contribution in [0.2, 0.25) is 0 Å². The van der Waals surface area contributed by atoms with Crippen molar-refractivity contribution in [3.63, 3.8) is 0 Å². The van der Waals surface area contributed by atoms with Crippen molar-refractivity contribution in [1.82, 2.24) is 4.90 Å². The van der Waals surface area contributed by atoms with Gasteiger partial charge in [-0.3, -0.25) is 4.90 Å². The van der Waals surface area contributed by atoms with Gasteiger partial charge in [0.25, 0.3) is 0 Å². The molecule has 80 valence electrons. The number of rotatable bonds is 1. The highest BCUT2D eigenvalue weighted by molar-refractivity contribution is 4.79. The van der Waals surface area contributed by atoms with E-state index in [-0.39, 0.29) is 0 Å². The summed E-state index contributed by atoms with van der Waals surface area (Å²) >= 11 is 0. The number of halogens is 1. The Morgan fingerprint density at radius 2 is 1.85 bits per heavy atom. The van der Waals surface area contributed by atoms with Crippen molar-refractivity contribution < 1.29 is 4.39 Å². The number of hydrogen-bond donors (Lipinski definition) is 0. The minimum atomic E-state index is -0.705. The molecule has 1 aliphatic heterocycles. The smallest absolute Gasteiger partial charge is 0.153 e. The van der Waals surface area contributed by atoms with Gasteiger partial charge in [-0.05, 0) is 32.2 Å². The highest BCUT2D eigenvalue weighted by Gasteiger charge is 2.29. The predicted molar refractivity (Wildman–Crippen MR) is 56.5 cm³/mol. The first-order valence-electron chi connectivity index (χ1n) is 5.51. The molecule has 0 radical (unpaired) electrons. The van der Waals surface area contributed by atoms with Gasteiger partial charge >= 0.3 is 0 Å². The molecule has 0 saturated carbocycles. The standard InChI is InChI=1S/C9H18FN.C2H6/c1-4-8-5-7(2)6-9(10)11(8)3;1-2/h7-9H,4-6H2,1-3H3;1-2H3. The summed E-state index contributed by atoms with van der Waals surface area (Å²) in [5, 5.41) is 0. The maximum absolute atomic E-state index is 13.2. The Kier molecular flexibility index (Phi) is 6.31. The molecule has 0 aromatic heterocycles. The normalized spacial score (nSPS) is 35.1. The van der Waals surface area contributed by atoms with Crippen molar-refractivity contribution in [3.8, 4) is 0 Å². The summed E-state index contributed by atoms with van der Waals surface area (Å²) in [7, 11) is 1.89. The Bertz CT molecular complexity index is 127. The quantitative estimate of drug-likeness (QED) is 0.571. The second kappa shape index (κ2) is 6.36. The summed E-state index contributed by atoms with van der Waals surface area (Å²) in [6.45, 7) is 8.27. The largest absolute Gasteiger partial charge is 0.274 e. The second-order valence-electron chi connectivity index (χ2n) is 3.74. The maximum Gasteiger partial charge on any atom is 0.153 e. The summed E-state index contributed by atoms with van der Waals surface area (Å²) in [5.74, 6) is 0.561. The third-order valence-corrected chi connectivity index (χ3v) is 2.76. The van der Waals surface area contributed by atoms with Crippen LogP contribution in [-0.2, 0) is 0 Å². The van der Waals surface area contributed by atoms with Crippen molar-refractivity contribution in [2.75, 3.05) is 7.05 Å². The fraction of sp³-hybridized carbons (Fsp3) is 1.00. The molecule has 0 N–H and O–H groups in total. The van der Waals surface area contributed by atoms with Crippen molar-refractivity contribution in [2.45, 2.75) is 59.3 Å². The van der Waals surface area contributed by atoms with Crippen LogP contribution in [0, 0.1) is 5.92 Å². The lowest BCUT2D eigenvalue weighted by Gasteiger charge is -2.37. The van der Waals surface area contributed by atoms with Crippen LogP contribution in [-0.4, -0.2) is 24.3 Å². The number of hydrogen-bond acceptors (Lipinski definition) is 1. The molecule has 1 rings (SSSR count). The van der Waals surface area contributed by atoms with Crippen molar-refractivity contribution >= 4 is 0 Å². The zero-order chi connectivity index (χ0) is 10.4. The zero-order valence-electron chi connectivity index (χ0n) is 9.68. The van der Waals surface area contributed by atoms with E-state index in [0.717, 1.165) is 12.8 Å². The van der Waals surface area contributed by atoms with Crippen LogP contribution in [0.25, 0.3) is 0 Å². The fourth-order valence-electron chi connectivity index (χ4n) is 1.91. The molecule has 3 atom stereocenters. The van der Waals surface area contributed by atoms with Gasteiger partial charge in [0, 0.05) is 6.04 Å². The Hall–Kier alpha value is -0.110. The van der Waals surface area contributed by atoms with Crippen molar-refractivity contribution in [1.29, 1.82) is 0 Å². The minimum absolute atomic E-state index is 0.466. The summed E-state index contributed by atoms with van der Waals surface area (Å²) in [5.41, 5.74) is 0. The van der Waals surface area contributed by atoms with Crippen LogP contribution in [0.1, 0.15) is 47.0 Å². The molecular weight excluding hydrogens is 165 g/mol.